The molecule has 2 aromatic rings. The molecule has 2 heteroatoms. The van der Waals surface area contributed by atoms with Gasteiger partial charge in [0.1, 0.15) is 5.75 Å². The summed E-state index contributed by atoms with van der Waals surface area (Å²) in [6.07, 6.45) is 1.61. The largest absolute Gasteiger partial charge is 0.493 e. The number of hydrogen-bond acceptors (Lipinski definition) is 2. The average molecular weight is 270 g/mol. The molecule has 2 nitrogen and oxygen atoms in total. The highest BCUT2D eigenvalue weighted by molar-refractivity contribution is 5.36. The Morgan fingerprint density at radius 1 is 1.10 bits per heavy atom. The van der Waals surface area contributed by atoms with Gasteiger partial charge in [-0.2, -0.15) is 0 Å². The van der Waals surface area contributed by atoms with Crippen LogP contribution >= 0.6 is 0 Å². The number of aliphatic hydroxyl groups is 1. The molecule has 0 aliphatic heterocycles. The van der Waals surface area contributed by atoms with Gasteiger partial charge in [-0.15, -0.1) is 0 Å². The third kappa shape index (κ3) is 4.10. The van der Waals surface area contributed by atoms with Crippen LogP contribution in [0.4, 0.5) is 0 Å². The summed E-state index contributed by atoms with van der Waals surface area (Å²) in [5.74, 6) is 0.905. The standard InChI is InChI=1S/C18H22O2/c1-14-13-17(15(2)19)10-11-18(14)20-12-6-9-16-7-4-3-5-8-16/h3-5,7-8,10-11,13,15,19H,6,9,12H2,1-2H3/t15-/m1/s1. The van der Waals surface area contributed by atoms with Crippen LogP contribution in [-0.4, -0.2) is 11.7 Å². The van der Waals surface area contributed by atoms with E-state index >= 15 is 0 Å². The van der Waals surface area contributed by atoms with E-state index in [1.807, 2.05) is 31.2 Å². The van der Waals surface area contributed by atoms with Gasteiger partial charge in [0.25, 0.3) is 0 Å². The fourth-order valence-electron chi connectivity index (χ4n) is 2.20. The molecular weight excluding hydrogens is 248 g/mol. The van der Waals surface area contributed by atoms with E-state index in [4.69, 9.17) is 4.74 Å². The van der Waals surface area contributed by atoms with Gasteiger partial charge in [-0.1, -0.05) is 36.4 Å². The number of hydrogen-bond donors (Lipinski definition) is 1. The highest BCUT2D eigenvalue weighted by Gasteiger charge is 2.05. The van der Waals surface area contributed by atoms with Gasteiger partial charge in [-0.3, -0.25) is 0 Å². The molecule has 0 spiro atoms. The molecule has 0 saturated carbocycles. The Bertz CT molecular complexity index is 532. The van der Waals surface area contributed by atoms with Crippen LogP contribution in [0.25, 0.3) is 0 Å². The molecule has 2 rings (SSSR count). The Kier molecular flexibility index (Phi) is 5.19. The van der Waals surface area contributed by atoms with E-state index in [1.54, 1.807) is 6.92 Å². The SMILES string of the molecule is Cc1cc([C@@H](C)O)ccc1OCCCc1ccccc1. The number of aliphatic hydroxyl groups excluding tert-OH is 1. The van der Waals surface area contributed by atoms with Gasteiger partial charge in [-0.05, 0) is 55.5 Å². The minimum absolute atomic E-state index is 0.430. The van der Waals surface area contributed by atoms with E-state index < -0.39 is 6.10 Å². The number of ether oxygens (including phenoxy) is 1. The minimum atomic E-state index is -0.430. The summed E-state index contributed by atoms with van der Waals surface area (Å²) in [6, 6.07) is 16.3. The van der Waals surface area contributed by atoms with Crippen molar-refractivity contribution in [3.63, 3.8) is 0 Å². The van der Waals surface area contributed by atoms with Crippen LogP contribution in [-0.2, 0) is 6.42 Å². The van der Waals surface area contributed by atoms with Crippen molar-refractivity contribution in [2.75, 3.05) is 6.61 Å². The van der Waals surface area contributed by atoms with Crippen molar-refractivity contribution < 1.29 is 9.84 Å². The molecule has 0 fully saturated rings. The molecular formula is C18H22O2. The second kappa shape index (κ2) is 7.11. The Morgan fingerprint density at radius 3 is 2.50 bits per heavy atom. The fourth-order valence-corrected chi connectivity index (χ4v) is 2.20. The molecule has 0 bridgehead atoms. The molecule has 20 heavy (non-hydrogen) atoms. The molecule has 0 aliphatic carbocycles. The smallest absolute Gasteiger partial charge is 0.122 e. The zero-order valence-corrected chi connectivity index (χ0v) is 12.2. The Labute approximate surface area is 121 Å². The van der Waals surface area contributed by atoms with Gasteiger partial charge in [0.05, 0.1) is 12.7 Å². The number of aryl methyl sites for hydroxylation is 2. The monoisotopic (exact) mass is 270 g/mol. The third-order valence-corrected chi connectivity index (χ3v) is 3.39. The molecule has 0 saturated heterocycles. The van der Waals surface area contributed by atoms with E-state index in [9.17, 15) is 5.11 Å². The zero-order chi connectivity index (χ0) is 14.4. The summed E-state index contributed by atoms with van der Waals surface area (Å²) in [4.78, 5) is 0. The van der Waals surface area contributed by atoms with Crippen molar-refractivity contribution in [3.8, 4) is 5.75 Å². The normalized spacial score (nSPS) is 12.2. The predicted octanol–water partition coefficient (Wildman–Crippen LogP) is 4.06. The van der Waals surface area contributed by atoms with Crippen LogP contribution in [0.1, 0.15) is 36.1 Å². The number of benzene rings is 2. The average Bonchev–Trinajstić information content (AvgIpc) is 2.46. The van der Waals surface area contributed by atoms with Crippen molar-refractivity contribution in [2.24, 2.45) is 0 Å². The number of rotatable bonds is 6. The lowest BCUT2D eigenvalue weighted by Gasteiger charge is -2.12. The molecule has 0 aliphatic rings. The quantitative estimate of drug-likeness (QED) is 0.802. The maximum atomic E-state index is 9.54. The summed E-state index contributed by atoms with van der Waals surface area (Å²) < 4.78 is 5.81. The van der Waals surface area contributed by atoms with Crippen LogP contribution in [0, 0.1) is 6.92 Å². The second-order valence-electron chi connectivity index (χ2n) is 5.14. The van der Waals surface area contributed by atoms with Gasteiger partial charge in [0, 0.05) is 0 Å². The molecule has 2 aromatic carbocycles. The molecule has 0 heterocycles. The molecule has 0 unspecified atom stereocenters. The summed E-state index contributed by atoms with van der Waals surface area (Å²) in [7, 11) is 0. The van der Waals surface area contributed by atoms with E-state index in [-0.39, 0.29) is 0 Å². The molecule has 0 aromatic heterocycles. The second-order valence-corrected chi connectivity index (χ2v) is 5.14. The summed E-state index contributed by atoms with van der Waals surface area (Å²) in [5, 5.41) is 9.54. The molecule has 0 amide bonds. The highest BCUT2D eigenvalue weighted by atomic mass is 16.5. The van der Waals surface area contributed by atoms with Gasteiger partial charge in [0.2, 0.25) is 0 Å². The van der Waals surface area contributed by atoms with Gasteiger partial charge < -0.3 is 9.84 Å². The van der Waals surface area contributed by atoms with Crippen molar-refractivity contribution in [3.05, 3.63) is 65.2 Å². The Balaban J connectivity index is 1.82. The van der Waals surface area contributed by atoms with Crippen LogP contribution in [0.5, 0.6) is 5.75 Å². The molecule has 1 atom stereocenters. The van der Waals surface area contributed by atoms with Crippen molar-refractivity contribution in [2.45, 2.75) is 32.8 Å². The van der Waals surface area contributed by atoms with E-state index in [1.165, 1.54) is 5.56 Å². The van der Waals surface area contributed by atoms with Crippen LogP contribution < -0.4 is 4.74 Å². The molecule has 106 valence electrons. The molecule has 1 N–H and O–H groups in total. The minimum Gasteiger partial charge on any atom is -0.493 e. The van der Waals surface area contributed by atoms with E-state index in [2.05, 4.69) is 24.3 Å². The third-order valence-electron chi connectivity index (χ3n) is 3.39. The Hall–Kier alpha value is -1.80. The van der Waals surface area contributed by atoms with Gasteiger partial charge >= 0.3 is 0 Å². The van der Waals surface area contributed by atoms with Crippen LogP contribution in [0.3, 0.4) is 0 Å². The topological polar surface area (TPSA) is 29.5 Å². The van der Waals surface area contributed by atoms with E-state index in [0.717, 1.165) is 29.7 Å². The fraction of sp³-hybridized carbons (Fsp3) is 0.333. The highest BCUT2D eigenvalue weighted by Crippen LogP contribution is 2.22. The lowest BCUT2D eigenvalue weighted by molar-refractivity contribution is 0.199. The van der Waals surface area contributed by atoms with Crippen molar-refractivity contribution >= 4 is 0 Å². The van der Waals surface area contributed by atoms with Crippen LogP contribution in [0.15, 0.2) is 48.5 Å². The summed E-state index contributed by atoms with van der Waals surface area (Å²) >= 11 is 0. The maximum Gasteiger partial charge on any atom is 0.122 e. The lowest BCUT2D eigenvalue weighted by atomic mass is 10.1. The van der Waals surface area contributed by atoms with Crippen molar-refractivity contribution in [1.82, 2.24) is 0 Å². The van der Waals surface area contributed by atoms with Gasteiger partial charge in [-0.25, -0.2) is 0 Å². The zero-order valence-electron chi connectivity index (χ0n) is 12.2. The maximum absolute atomic E-state index is 9.54. The summed E-state index contributed by atoms with van der Waals surface area (Å²) in [5.41, 5.74) is 3.35. The molecule has 0 radical (unpaired) electrons. The van der Waals surface area contributed by atoms with Crippen molar-refractivity contribution in [1.29, 1.82) is 0 Å². The first-order chi connectivity index (χ1) is 9.66. The van der Waals surface area contributed by atoms with E-state index in [0.29, 0.717) is 6.61 Å². The first-order valence-corrected chi connectivity index (χ1v) is 7.12. The summed E-state index contributed by atoms with van der Waals surface area (Å²) in [6.45, 7) is 4.50. The Morgan fingerprint density at radius 2 is 1.85 bits per heavy atom. The first kappa shape index (κ1) is 14.6. The lowest BCUT2D eigenvalue weighted by Crippen LogP contribution is -2.01. The van der Waals surface area contributed by atoms with Gasteiger partial charge in [0.15, 0.2) is 0 Å². The van der Waals surface area contributed by atoms with Crippen LogP contribution in [0.2, 0.25) is 0 Å². The first-order valence-electron chi connectivity index (χ1n) is 7.12. The predicted molar refractivity (Wildman–Crippen MR) is 82.1 cm³/mol.